The second kappa shape index (κ2) is 10.6. The van der Waals surface area contributed by atoms with E-state index >= 15 is 0 Å². The minimum atomic E-state index is -0.468. The number of aliphatic imine (C=N–C) groups is 2. The predicted octanol–water partition coefficient (Wildman–Crippen LogP) is 8.34. The number of pyridine rings is 2. The summed E-state index contributed by atoms with van der Waals surface area (Å²) in [7, 11) is 0. The predicted molar refractivity (Wildman–Crippen MR) is 167 cm³/mol. The molecule has 0 saturated carbocycles. The molecule has 0 spiro atoms. The van der Waals surface area contributed by atoms with E-state index in [4.69, 9.17) is 9.98 Å². The molecule has 4 nitrogen and oxygen atoms in total. The van der Waals surface area contributed by atoms with E-state index in [-0.39, 0.29) is 0 Å². The Bertz CT molecular complexity index is 1720. The van der Waals surface area contributed by atoms with E-state index in [1.54, 1.807) is 12.4 Å². The van der Waals surface area contributed by atoms with Gasteiger partial charge in [-0.2, -0.15) is 0 Å². The van der Waals surface area contributed by atoms with Crippen LogP contribution >= 0.6 is 0 Å². The Morgan fingerprint density at radius 2 is 0.902 bits per heavy atom. The number of benzene rings is 4. The van der Waals surface area contributed by atoms with Crippen molar-refractivity contribution in [3.63, 3.8) is 0 Å². The Kier molecular flexibility index (Phi) is 6.34. The number of rotatable bonds is 6. The highest BCUT2D eigenvalue weighted by atomic mass is 14.7. The molecule has 0 atom stereocenters. The fourth-order valence-corrected chi connectivity index (χ4v) is 5.82. The van der Waals surface area contributed by atoms with Crippen LogP contribution in [0.2, 0.25) is 0 Å². The second-order valence-electron chi connectivity index (χ2n) is 10.0. The van der Waals surface area contributed by atoms with Crippen LogP contribution in [0, 0.1) is 0 Å². The number of fused-ring (bicyclic) bond motifs is 3. The third-order valence-corrected chi connectivity index (χ3v) is 7.65. The SMILES string of the molecule is C(=Nc1ccc(C2(c3ccc(N=Cc4cccnc4)cc3)c3ccccc3-c3ccccc32)cc1)c1cccnc1. The molecule has 1 aliphatic rings. The number of aromatic nitrogens is 2. The molecule has 0 radical (unpaired) electrons. The Morgan fingerprint density at radius 1 is 0.463 bits per heavy atom. The molecule has 0 saturated heterocycles. The molecule has 0 bridgehead atoms. The molecular weight excluding hydrogens is 500 g/mol. The Labute approximate surface area is 239 Å². The fraction of sp³-hybridized carbons (Fsp3) is 0.0270. The molecule has 2 heterocycles. The van der Waals surface area contributed by atoms with Crippen molar-refractivity contribution in [2.75, 3.05) is 0 Å². The average molecular weight is 527 g/mol. The van der Waals surface area contributed by atoms with Crippen molar-refractivity contribution < 1.29 is 0 Å². The first-order valence-corrected chi connectivity index (χ1v) is 13.6. The van der Waals surface area contributed by atoms with Crippen LogP contribution in [-0.4, -0.2) is 22.4 Å². The van der Waals surface area contributed by atoms with E-state index in [1.807, 2.05) is 49.1 Å². The normalized spacial score (nSPS) is 13.4. The summed E-state index contributed by atoms with van der Waals surface area (Å²) in [4.78, 5) is 17.8. The van der Waals surface area contributed by atoms with Crippen molar-refractivity contribution in [3.8, 4) is 11.1 Å². The number of nitrogens with zero attached hydrogens (tertiary/aromatic N) is 4. The lowest BCUT2D eigenvalue weighted by molar-refractivity contribution is 0.768. The first kappa shape index (κ1) is 24.6. The van der Waals surface area contributed by atoms with Crippen LogP contribution in [0.1, 0.15) is 33.4 Å². The van der Waals surface area contributed by atoms with Crippen LogP contribution in [0.3, 0.4) is 0 Å². The maximum Gasteiger partial charge on any atom is 0.0713 e. The second-order valence-corrected chi connectivity index (χ2v) is 10.0. The maximum atomic E-state index is 4.70. The van der Waals surface area contributed by atoms with Gasteiger partial charge in [0.15, 0.2) is 0 Å². The summed E-state index contributed by atoms with van der Waals surface area (Å²) in [6.45, 7) is 0. The summed E-state index contributed by atoms with van der Waals surface area (Å²) in [5.74, 6) is 0. The molecule has 0 N–H and O–H groups in total. The minimum Gasteiger partial charge on any atom is -0.264 e. The molecule has 41 heavy (non-hydrogen) atoms. The van der Waals surface area contributed by atoms with Crippen molar-refractivity contribution >= 4 is 23.8 Å². The van der Waals surface area contributed by atoms with Crippen molar-refractivity contribution in [1.82, 2.24) is 9.97 Å². The van der Waals surface area contributed by atoms with E-state index in [0.717, 1.165) is 22.5 Å². The third kappa shape index (κ3) is 4.46. The lowest BCUT2D eigenvalue weighted by atomic mass is 9.67. The zero-order valence-electron chi connectivity index (χ0n) is 22.3. The molecule has 194 valence electrons. The highest BCUT2D eigenvalue weighted by molar-refractivity contribution is 5.87. The number of hydrogen-bond donors (Lipinski definition) is 0. The minimum absolute atomic E-state index is 0.468. The van der Waals surface area contributed by atoms with Gasteiger partial charge in [0.1, 0.15) is 0 Å². The summed E-state index contributed by atoms with van der Waals surface area (Å²) in [5, 5.41) is 0. The van der Waals surface area contributed by atoms with E-state index in [2.05, 4.69) is 107 Å². The summed E-state index contributed by atoms with van der Waals surface area (Å²) in [6, 6.07) is 42.6. The Morgan fingerprint density at radius 3 is 1.32 bits per heavy atom. The molecule has 4 aromatic carbocycles. The van der Waals surface area contributed by atoms with Gasteiger partial charge in [-0.25, -0.2) is 0 Å². The molecule has 7 rings (SSSR count). The molecule has 0 aliphatic heterocycles. The van der Waals surface area contributed by atoms with Crippen LogP contribution < -0.4 is 0 Å². The van der Waals surface area contributed by atoms with E-state index in [1.165, 1.54) is 33.4 Å². The van der Waals surface area contributed by atoms with Gasteiger partial charge in [-0.15, -0.1) is 0 Å². The standard InChI is InChI=1S/C37H26N4/c1-3-11-35-33(9-1)34-10-2-4-12-36(34)37(35,29-13-17-31(18-14-29)40-25-27-7-5-21-38-23-27)30-15-19-32(20-16-30)41-26-28-8-6-22-39-24-28/h1-26H. The van der Waals surface area contributed by atoms with Crippen LogP contribution in [0.15, 0.2) is 156 Å². The zero-order chi connectivity index (χ0) is 27.5. The Balaban J connectivity index is 1.34. The molecule has 0 unspecified atom stereocenters. The van der Waals surface area contributed by atoms with Crippen LogP contribution in [0.5, 0.6) is 0 Å². The summed E-state index contributed by atoms with van der Waals surface area (Å²) in [6.07, 6.45) is 10.9. The van der Waals surface area contributed by atoms with E-state index in [0.29, 0.717) is 0 Å². The third-order valence-electron chi connectivity index (χ3n) is 7.65. The van der Waals surface area contributed by atoms with Gasteiger partial charge in [0.25, 0.3) is 0 Å². The first-order valence-electron chi connectivity index (χ1n) is 13.6. The molecule has 6 aromatic rings. The summed E-state index contributed by atoms with van der Waals surface area (Å²) < 4.78 is 0. The van der Waals surface area contributed by atoms with Gasteiger partial charge < -0.3 is 0 Å². The van der Waals surface area contributed by atoms with Crippen LogP contribution in [0.25, 0.3) is 11.1 Å². The topological polar surface area (TPSA) is 50.5 Å². The first-order chi connectivity index (χ1) is 20.3. The van der Waals surface area contributed by atoms with Crippen molar-refractivity contribution in [3.05, 3.63) is 179 Å². The molecule has 2 aromatic heterocycles. The van der Waals surface area contributed by atoms with Gasteiger partial charge >= 0.3 is 0 Å². The Hall–Kier alpha value is -5.48. The lowest BCUT2D eigenvalue weighted by Crippen LogP contribution is -2.28. The summed E-state index contributed by atoms with van der Waals surface area (Å²) >= 11 is 0. The van der Waals surface area contributed by atoms with Crippen molar-refractivity contribution in [1.29, 1.82) is 0 Å². The van der Waals surface area contributed by atoms with Crippen molar-refractivity contribution in [2.24, 2.45) is 9.98 Å². The average Bonchev–Trinajstić information content (AvgIpc) is 3.35. The highest BCUT2D eigenvalue weighted by Crippen LogP contribution is 2.56. The highest BCUT2D eigenvalue weighted by Gasteiger charge is 2.45. The monoisotopic (exact) mass is 526 g/mol. The van der Waals surface area contributed by atoms with E-state index < -0.39 is 5.41 Å². The summed E-state index contributed by atoms with van der Waals surface area (Å²) in [5.41, 5.74) is 10.7. The molecule has 1 aliphatic carbocycles. The van der Waals surface area contributed by atoms with Gasteiger partial charge in [0.2, 0.25) is 0 Å². The smallest absolute Gasteiger partial charge is 0.0713 e. The molecule has 4 heteroatoms. The fourth-order valence-electron chi connectivity index (χ4n) is 5.82. The quantitative estimate of drug-likeness (QED) is 0.205. The van der Waals surface area contributed by atoms with Gasteiger partial charge in [0.05, 0.1) is 16.8 Å². The van der Waals surface area contributed by atoms with Crippen molar-refractivity contribution in [2.45, 2.75) is 5.41 Å². The molecular formula is C37H26N4. The zero-order valence-corrected chi connectivity index (χ0v) is 22.3. The maximum absolute atomic E-state index is 4.70. The van der Waals surface area contributed by atoms with E-state index in [9.17, 15) is 0 Å². The van der Waals surface area contributed by atoms with Crippen LogP contribution in [0.4, 0.5) is 11.4 Å². The van der Waals surface area contributed by atoms with Gasteiger partial charge in [0, 0.05) is 48.3 Å². The van der Waals surface area contributed by atoms with Gasteiger partial charge in [-0.1, -0.05) is 84.9 Å². The van der Waals surface area contributed by atoms with Gasteiger partial charge in [-0.3, -0.25) is 20.0 Å². The van der Waals surface area contributed by atoms with Crippen LogP contribution in [-0.2, 0) is 5.41 Å². The molecule has 0 fully saturated rings. The number of hydrogen-bond acceptors (Lipinski definition) is 4. The van der Waals surface area contributed by atoms with Gasteiger partial charge in [-0.05, 0) is 69.8 Å². The largest absolute Gasteiger partial charge is 0.264 e. The molecule has 0 amide bonds. The lowest BCUT2D eigenvalue weighted by Gasteiger charge is -2.34.